The molecule has 2 rings (SSSR count). The molecule has 0 aromatic heterocycles. The minimum Gasteiger partial charge on any atom is -0.493 e. The largest absolute Gasteiger partial charge is 0.493 e. The van der Waals surface area contributed by atoms with Crippen molar-refractivity contribution in [3.63, 3.8) is 0 Å². The van der Waals surface area contributed by atoms with Crippen LogP contribution in [0, 0.1) is 5.82 Å². The predicted octanol–water partition coefficient (Wildman–Crippen LogP) is 3.37. The van der Waals surface area contributed by atoms with E-state index < -0.39 is 17.6 Å². The Bertz CT molecular complexity index is 872. The molecular weight excluding hydrogens is 389 g/mol. The maximum Gasteiger partial charge on any atom is 0.329 e. The number of carbonyl (C=O) groups excluding carboxylic acids is 2. The Labute approximate surface area is 166 Å². The molecule has 0 heterocycles. The molecule has 0 aliphatic carbocycles. The highest BCUT2D eigenvalue weighted by molar-refractivity contribution is 6.39. The Hall–Kier alpha value is -3.13. The van der Waals surface area contributed by atoms with E-state index in [1.54, 1.807) is 12.1 Å². The van der Waals surface area contributed by atoms with E-state index in [2.05, 4.69) is 15.8 Å². The van der Waals surface area contributed by atoms with Crippen molar-refractivity contribution in [2.45, 2.75) is 13.3 Å². The third-order valence-corrected chi connectivity index (χ3v) is 3.67. The summed E-state index contributed by atoms with van der Waals surface area (Å²) < 4.78 is 23.7. The van der Waals surface area contributed by atoms with Gasteiger partial charge in [0.2, 0.25) is 0 Å². The van der Waals surface area contributed by atoms with Crippen molar-refractivity contribution >= 4 is 35.3 Å². The summed E-state index contributed by atoms with van der Waals surface area (Å²) in [6.45, 7) is 2.46. The number of nitrogens with zero attached hydrogens (tertiary/aromatic N) is 1. The highest BCUT2D eigenvalue weighted by Gasteiger charge is 2.14. The van der Waals surface area contributed by atoms with Crippen LogP contribution in [0.15, 0.2) is 41.5 Å². The van der Waals surface area contributed by atoms with E-state index in [-0.39, 0.29) is 5.69 Å². The van der Waals surface area contributed by atoms with E-state index in [9.17, 15) is 14.0 Å². The van der Waals surface area contributed by atoms with Crippen molar-refractivity contribution in [1.82, 2.24) is 5.43 Å². The predicted molar refractivity (Wildman–Crippen MR) is 105 cm³/mol. The van der Waals surface area contributed by atoms with Gasteiger partial charge in [-0.3, -0.25) is 9.59 Å². The number of anilines is 1. The molecule has 7 nitrogen and oxygen atoms in total. The van der Waals surface area contributed by atoms with Crippen LogP contribution in [-0.4, -0.2) is 31.7 Å². The van der Waals surface area contributed by atoms with Crippen molar-refractivity contribution in [2.24, 2.45) is 5.10 Å². The number of amides is 2. The van der Waals surface area contributed by atoms with Gasteiger partial charge in [-0.15, -0.1) is 0 Å². The van der Waals surface area contributed by atoms with Gasteiger partial charge in [-0.25, -0.2) is 9.82 Å². The fourth-order valence-corrected chi connectivity index (χ4v) is 2.37. The van der Waals surface area contributed by atoms with Crippen LogP contribution in [0.25, 0.3) is 0 Å². The number of benzene rings is 2. The van der Waals surface area contributed by atoms with E-state index >= 15 is 0 Å². The smallest absolute Gasteiger partial charge is 0.329 e. The Morgan fingerprint density at radius 1 is 1.21 bits per heavy atom. The van der Waals surface area contributed by atoms with E-state index in [0.717, 1.165) is 18.6 Å². The summed E-state index contributed by atoms with van der Waals surface area (Å²) in [4.78, 5) is 23.6. The summed E-state index contributed by atoms with van der Waals surface area (Å²) >= 11 is 6.20. The Balaban J connectivity index is 1.99. The van der Waals surface area contributed by atoms with Crippen LogP contribution < -0.4 is 20.2 Å². The Kier molecular flexibility index (Phi) is 7.76. The summed E-state index contributed by atoms with van der Waals surface area (Å²) in [5.74, 6) is -1.54. The second-order valence-corrected chi connectivity index (χ2v) is 5.95. The van der Waals surface area contributed by atoms with Crippen LogP contribution in [0.4, 0.5) is 10.1 Å². The standard InChI is InChI=1S/C19H19ClFN3O4/c1-3-8-28-17-15(20)9-12(10-16(17)27-2)11-22-24-19(26)18(25)23-14-6-4-13(21)5-7-14/h4-7,9-11H,3,8H2,1-2H3,(H,23,25)(H,24,26)/b22-11-. The number of nitrogens with one attached hydrogen (secondary N) is 2. The fraction of sp³-hybridized carbons (Fsp3) is 0.211. The average molecular weight is 408 g/mol. The molecule has 0 unspecified atom stereocenters. The first kappa shape index (κ1) is 21.2. The molecule has 0 aliphatic rings. The van der Waals surface area contributed by atoms with Crippen LogP contribution in [0.2, 0.25) is 5.02 Å². The first-order chi connectivity index (χ1) is 13.4. The van der Waals surface area contributed by atoms with Gasteiger partial charge < -0.3 is 14.8 Å². The van der Waals surface area contributed by atoms with Gasteiger partial charge in [-0.05, 0) is 48.4 Å². The topological polar surface area (TPSA) is 89.0 Å². The zero-order chi connectivity index (χ0) is 20.5. The van der Waals surface area contributed by atoms with Crippen LogP contribution in [0.5, 0.6) is 11.5 Å². The number of hydrogen-bond acceptors (Lipinski definition) is 5. The molecule has 0 saturated carbocycles. The summed E-state index contributed by atoms with van der Waals surface area (Å²) in [7, 11) is 1.48. The number of ether oxygens (including phenoxy) is 2. The van der Waals surface area contributed by atoms with E-state index in [4.69, 9.17) is 21.1 Å². The SMILES string of the molecule is CCCOc1c(Cl)cc(/C=N\NC(=O)C(=O)Nc2ccc(F)cc2)cc1OC. The van der Waals surface area contributed by atoms with Crippen LogP contribution in [-0.2, 0) is 9.59 Å². The maximum atomic E-state index is 12.8. The Morgan fingerprint density at radius 2 is 1.93 bits per heavy atom. The molecule has 28 heavy (non-hydrogen) atoms. The normalized spacial score (nSPS) is 10.6. The molecule has 9 heteroatoms. The number of carbonyl (C=O) groups is 2. The summed E-state index contributed by atoms with van der Waals surface area (Å²) in [6, 6.07) is 8.21. The molecule has 2 aromatic rings. The lowest BCUT2D eigenvalue weighted by atomic mass is 10.2. The van der Waals surface area contributed by atoms with Gasteiger partial charge in [0.25, 0.3) is 0 Å². The molecule has 0 aliphatic heterocycles. The van der Waals surface area contributed by atoms with Gasteiger partial charge in [-0.2, -0.15) is 5.10 Å². The van der Waals surface area contributed by atoms with E-state index in [0.29, 0.717) is 28.7 Å². The van der Waals surface area contributed by atoms with Crippen molar-refractivity contribution in [1.29, 1.82) is 0 Å². The molecule has 148 valence electrons. The average Bonchev–Trinajstić information content (AvgIpc) is 2.68. The zero-order valence-electron chi connectivity index (χ0n) is 15.3. The first-order valence-electron chi connectivity index (χ1n) is 8.35. The molecule has 0 radical (unpaired) electrons. The van der Waals surface area contributed by atoms with E-state index in [1.165, 1.54) is 25.5 Å². The van der Waals surface area contributed by atoms with Crippen LogP contribution >= 0.6 is 11.6 Å². The fourth-order valence-electron chi connectivity index (χ4n) is 2.10. The lowest BCUT2D eigenvalue weighted by molar-refractivity contribution is -0.136. The maximum absolute atomic E-state index is 12.8. The number of hydrogen-bond donors (Lipinski definition) is 2. The molecule has 0 fully saturated rings. The number of rotatable bonds is 7. The van der Waals surface area contributed by atoms with Gasteiger partial charge in [0.1, 0.15) is 5.82 Å². The van der Waals surface area contributed by atoms with Gasteiger partial charge in [0.15, 0.2) is 11.5 Å². The molecule has 2 N–H and O–H groups in total. The third kappa shape index (κ3) is 5.95. The molecule has 0 saturated heterocycles. The van der Waals surface area contributed by atoms with Gasteiger partial charge in [0.05, 0.1) is 25.0 Å². The monoisotopic (exact) mass is 407 g/mol. The second kappa shape index (κ2) is 10.3. The minimum absolute atomic E-state index is 0.282. The minimum atomic E-state index is -0.985. The zero-order valence-corrected chi connectivity index (χ0v) is 16.0. The van der Waals surface area contributed by atoms with Crippen LogP contribution in [0.1, 0.15) is 18.9 Å². The molecule has 2 amide bonds. The number of hydrazone groups is 1. The highest BCUT2D eigenvalue weighted by atomic mass is 35.5. The van der Waals surface area contributed by atoms with Gasteiger partial charge >= 0.3 is 11.8 Å². The lowest BCUT2D eigenvalue weighted by Crippen LogP contribution is -2.32. The first-order valence-corrected chi connectivity index (χ1v) is 8.72. The van der Waals surface area contributed by atoms with Crippen molar-refractivity contribution < 1.29 is 23.5 Å². The summed E-state index contributed by atoms with van der Waals surface area (Å²) in [5.41, 5.74) is 2.91. The summed E-state index contributed by atoms with van der Waals surface area (Å²) in [5, 5.41) is 6.38. The summed E-state index contributed by atoms with van der Waals surface area (Å²) in [6.07, 6.45) is 2.12. The van der Waals surface area contributed by atoms with E-state index in [1.807, 2.05) is 6.92 Å². The van der Waals surface area contributed by atoms with Crippen molar-refractivity contribution in [2.75, 3.05) is 19.0 Å². The highest BCUT2D eigenvalue weighted by Crippen LogP contribution is 2.36. The Morgan fingerprint density at radius 3 is 2.57 bits per heavy atom. The third-order valence-electron chi connectivity index (χ3n) is 3.39. The molecule has 2 aromatic carbocycles. The van der Waals surface area contributed by atoms with Crippen molar-refractivity contribution in [3.8, 4) is 11.5 Å². The second-order valence-electron chi connectivity index (χ2n) is 5.54. The number of halogens is 2. The van der Waals surface area contributed by atoms with Crippen LogP contribution in [0.3, 0.4) is 0 Å². The molecule has 0 bridgehead atoms. The molecule has 0 spiro atoms. The lowest BCUT2D eigenvalue weighted by Gasteiger charge is -2.12. The molecular formula is C19H19ClFN3O4. The van der Waals surface area contributed by atoms with Gasteiger partial charge in [-0.1, -0.05) is 18.5 Å². The number of methoxy groups -OCH3 is 1. The van der Waals surface area contributed by atoms with Crippen molar-refractivity contribution in [3.05, 3.63) is 52.8 Å². The molecule has 0 atom stereocenters. The van der Waals surface area contributed by atoms with Gasteiger partial charge in [0, 0.05) is 5.69 Å². The quantitative estimate of drug-likeness (QED) is 0.418.